The van der Waals surface area contributed by atoms with Crippen LogP contribution in [-0.4, -0.2) is 0 Å². The van der Waals surface area contributed by atoms with Crippen molar-refractivity contribution < 1.29 is 0 Å². The largest absolute Gasteiger partial charge is 0.310 e. The fraction of sp³-hybridized carbons (Fsp3) is 0. The van der Waals surface area contributed by atoms with Crippen LogP contribution in [0.5, 0.6) is 0 Å². The Morgan fingerprint density at radius 2 is 0.911 bits per heavy atom. The first-order valence-corrected chi connectivity index (χ1v) is 20.0. The molecular formula is C54H35NS. The molecule has 0 unspecified atom stereocenters. The number of hydrogen-bond acceptors (Lipinski definition) is 2. The van der Waals surface area contributed by atoms with Crippen molar-refractivity contribution in [2.45, 2.75) is 0 Å². The van der Waals surface area contributed by atoms with E-state index in [9.17, 15) is 0 Å². The fourth-order valence-electron chi connectivity index (χ4n) is 8.49. The summed E-state index contributed by atoms with van der Waals surface area (Å²) < 4.78 is 2.58. The second-order valence-electron chi connectivity index (χ2n) is 14.5. The topological polar surface area (TPSA) is 3.24 Å². The monoisotopic (exact) mass is 729 g/mol. The lowest BCUT2D eigenvalue weighted by Crippen LogP contribution is -2.11. The first kappa shape index (κ1) is 32.4. The lowest BCUT2D eigenvalue weighted by atomic mass is 9.91. The first-order chi connectivity index (χ1) is 27.7. The van der Waals surface area contributed by atoms with E-state index < -0.39 is 0 Å². The van der Waals surface area contributed by atoms with Gasteiger partial charge in [0.25, 0.3) is 0 Å². The molecule has 0 amide bonds. The van der Waals surface area contributed by atoms with E-state index in [0.29, 0.717) is 0 Å². The quantitative estimate of drug-likeness (QED) is 0.154. The smallest absolute Gasteiger partial charge is 0.0546 e. The molecule has 0 aliphatic heterocycles. The van der Waals surface area contributed by atoms with Gasteiger partial charge in [-0.2, -0.15) is 0 Å². The molecule has 0 spiro atoms. The molecule has 0 N–H and O–H groups in total. The third-order valence-electron chi connectivity index (χ3n) is 11.2. The van der Waals surface area contributed by atoms with Crippen LogP contribution in [0, 0.1) is 0 Å². The number of benzene rings is 10. The lowest BCUT2D eigenvalue weighted by molar-refractivity contribution is 1.29. The molecule has 0 radical (unpaired) electrons. The zero-order valence-electron chi connectivity index (χ0n) is 30.6. The van der Waals surface area contributed by atoms with Gasteiger partial charge in [-0.1, -0.05) is 164 Å². The predicted molar refractivity (Wildman–Crippen MR) is 243 cm³/mol. The van der Waals surface area contributed by atoms with Gasteiger partial charge in [-0.3, -0.25) is 0 Å². The average molecular weight is 730 g/mol. The van der Waals surface area contributed by atoms with Crippen LogP contribution < -0.4 is 4.90 Å². The van der Waals surface area contributed by atoms with Gasteiger partial charge in [0.05, 0.1) is 5.69 Å². The molecule has 0 fully saturated rings. The third kappa shape index (κ3) is 5.54. The van der Waals surface area contributed by atoms with Crippen LogP contribution in [0.15, 0.2) is 212 Å². The van der Waals surface area contributed by atoms with Gasteiger partial charge >= 0.3 is 0 Å². The Morgan fingerprint density at radius 1 is 0.286 bits per heavy atom. The molecule has 11 rings (SSSR count). The van der Waals surface area contributed by atoms with E-state index in [1.807, 2.05) is 11.3 Å². The van der Waals surface area contributed by atoms with Crippen LogP contribution >= 0.6 is 11.3 Å². The highest BCUT2D eigenvalue weighted by Crippen LogP contribution is 2.46. The Morgan fingerprint density at radius 3 is 1.75 bits per heavy atom. The molecule has 0 bridgehead atoms. The Bertz CT molecular complexity index is 3250. The average Bonchev–Trinajstić information content (AvgIpc) is 3.64. The molecule has 10 aromatic carbocycles. The van der Waals surface area contributed by atoms with Crippen molar-refractivity contribution in [2.24, 2.45) is 0 Å². The van der Waals surface area contributed by atoms with Gasteiger partial charge in [0.15, 0.2) is 0 Å². The number of thiophene rings is 1. The van der Waals surface area contributed by atoms with E-state index in [1.54, 1.807) is 0 Å². The summed E-state index contributed by atoms with van der Waals surface area (Å²) in [6.45, 7) is 0. The molecule has 0 aliphatic rings. The summed E-state index contributed by atoms with van der Waals surface area (Å²) in [4.78, 5) is 2.46. The second-order valence-corrected chi connectivity index (χ2v) is 15.6. The maximum atomic E-state index is 2.46. The summed E-state index contributed by atoms with van der Waals surface area (Å²) in [6.07, 6.45) is 0. The van der Waals surface area contributed by atoms with Gasteiger partial charge in [0, 0.05) is 37.1 Å². The van der Waals surface area contributed by atoms with Crippen LogP contribution in [-0.2, 0) is 0 Å². The van der Waals surface area contributed by atoms with Crippen LogP contribution in [0.1, 0.15) is 0 Å². The number of anilines is 3. The van der Waals surface area contributed by atoms with Crippen molar-refractivity contribution in [3.8, 4) is 33.4 Å². The van der Waals surface area contributed by atoms with Crippen molar-refractivity contribution in [1.82, 2.24) is 0 Å². The highest BCUT2D eigenvalue weighted by Gasteiger charge is 2.21. The molecule has 1 aromatic heterocycles. The van der Waals surface area contributed by atoms with Gasteiger partial charge in [0.1, 0.15) is 0 Å². The van der Waals surface area contributed by atoms with Gasteiger partial charge in [0.2, 0.25) is 0 Å². The van der Waals surface area contributed by atoms with Gasteiger partial charge in [-0.05, 0) is 109 Å². The fourth-order valence-corrected chi connectivity index (χ4v) is 9.63. The highest BCUT2D eigenvalue weighted by molar-refractivity contribution is 7.25. The normalized spacial score (nSPS) is 11.6. The van der Waals surface area contributed by atoms with E-state index in [-0.39, 0.29) is 0 Å². The molecule has 1 nitrogen and oxygen atoms in total. The molecular weight excluding hydrogens is 695 g/mol. The van der Waals surface area contributed by atoms with E-state index in [0.717, 1.165) is 17.1 Å². The Balaban J connectivity index is 1.15. The SMILES string of the molecule is c1ccc(-c2ccc(-c3cc4ccccc4c4ccccc34)cc2N(c2ccc(-c3ccc4ccccc4c3)cc2)c2ccc3c(c2)sc2ccccc23)cc1. The molecule has 11 aromatic rings. The molecule has 0 aliphatic carbocycles. The first-order valence-electron chi connectivity index (χ1n) is 19.2. The minimum atomic E-state index is 1.10. The van der Waals surface area contributed by atoms with Crippen molar-refractivity contribution >= 4 is 80.9 Å². The number of hydrogen-bond donors (Lipinski definition) is 0. The predicted octanol–water partition coefficient (Wildman–Crippen LogP) is 16.0. The van der Waals surface area contributed by atoms with E-state index in [2.05, 4.69) is 217 Å². The molecule has 0 atom stereocenters. The number of nitrogens with zero attached hydrogens (tertiary/aromatic N) is 1. The Hall–Kier alpha value is -7.00. The van der Waals surface area contributed by atoms with Crippen LogP contribution in [0.2, 0.25) is 0 Å². The maximum Gasteiger partial charge on any atom is 0.0546 e. The van der Waals surface area contributed by atoms with Crippen molar-refractivity contribution in [1.29, 1.82) is 0 Å². The lowest BCUT2D eigenvalue weighted by Gasteiger charge is -2.29. The summed E-state index contributed by atoms with van der Waals surface area (Å²) in [5.41, 5.74) is 10.5. The number of fused-ring (bicyclic) bond motifs is 7. The Labute approximate surface area is 330 Å². The molecule has 262 valence electrons. The minimum Gasteiger partial charge on any atom is -0.310 e. The summed E-state index contributed by atoms with van der Waals surface area (Å²) in [6, 6.07) is 77.9. The molecule has 0 saturated carbocycles. The maximum absolute atomic E-state index is 2.46. The number of rotatable bonds is 6. The molecule has 56 heavy (non-hydrogen) atoms. The standard InChI is InChI=1S/C54H35NS/c1-2-13-38(14-3-1)46-30-26-42(51-33-41-16-6-7-17-45(41)47-18-8-9-19-48(47)51)34-52(46)55(44-29-31-50-49-20-10-11-21-53(49)56-54(50)35-44)43-27-24-37(25-28-43)40-23-22-36-12-4-5-15-39(36)32-40/h1-35H. The van der Waals surface area contributed by atoms with E-state index in [4.69, 9.17) is 0 Å². The Kier molecular flexibility index (Phi) is 7.75. The van der Waals surface area contributed by atoms with Crippen LogP contribution in [0.4, 0.5) is 17.1 Å². The van der Waals surface area contributed by atoms with Crippen LogP contribution in [0.25, 0.3) is 85.9 Å². The summed E-state index contributed by atoms with van der Waals surface area (Å²) in [5, 5.41) is 10.1. The van der Waals surface area contributed by atoms with Crippen LogP contribution in [0.3, 0.4) is 0 Å². The summed E-state index contributed by atoms with van der Waals surface area (Å²) in [7, 11) is 0. The van der Waals surface area contributed by atoms with Crippen molar-refractivity contribution in [3.05, 3.63) is 212 Å². The van der Waals surface area contributed by atoms with Gasteiger partial charge in [-0.25, -0.2) is 0 Å². The van der Waals surface area contributed by atoms with E-state index in [1.165, 1.54) is 85.9 Å². The van der Waals surface area contributed by atoms with E-state index >= 15 is 0 Å². The van der Waals surface area contributed by atoms with Gasteiger partial charge in [-0.15, -0.1) is 11.3 Å². The summed E-state index contributed by atoms with van der Waals surface area (Å²) >= 11 is 1.86. The second kappa shape index (κ2) is 13.4. The van der Waals surface area contributed by atoms with Crippen molar-refractivity contribution in [2.75, 3.05) is 4.90 Å². The van der Waals surface area contributed by atoms with Gasteiger partial charge < -0.3 is 4.90 Å². The highest BCUT2D eigenvalue weighted by atomic mass is 32.1. The van der Waals surface area contributed by atoms with Crippen molar-refractivity contribution in [3.63, 3.8) is 0 Å². The molecule has 2 heteroatoms. The molecule has 0 saturated heterocycles. The third-order valence-corrected chi connectivity index (χ3v) is 12.4. The zero-order chi connectivity index (χ0) is 37.0. The summed E-state index contributed by atoms with van der Waals surface area (Å²) in [5.74, 6) is 0. The zero-order valence-corrected chi connectivity index (χ0v) is 31.4. The minimum absolute atomic E-state index is 1.10. The molecule has 1 heterocycles.